The van der Waals surface area contributed by atoms with Gasteiger partial charge in [0.25, 0.3) is 5.69 Å². The summed E-state index contributed by atoms with van der Waals surface area (Å²) in [4.78, 5) is 37.9. The number of benzene rings is 2. The lowest BCUT2D eigenvalue weighted by Crippen LogP contribution is -2.51. The van der Waals surface area contributed by atoms with Crippen LogP contribution in [0, 0.1) is 10.1 Å². The first kappa shape index (κ1) is 28.1. The van der Waals surface area contributed by atoms with E-state index in [0.717, 1.165) is 26.7 Å². The van der Waals surface area contributed by atoms with Crippen molar-refractivity contribution in [2.45, 2.75) is 26.4 Å². The van der Waals surface area contributed by atoms with Crippen LogP contribution in [0.5, 0.6) is 5.75 Å². The molecule has 0 saturated heterocycles. The predicted molar refractivity (Wildman–Crippen MR) is 135 cm³/mol. The molecular formula is C22H27BrN4O7S. The molecule has 13 heteroatoms. The number of rotatable bonds is 11. The molecular weight excluding hydrogens is 544 g/mol. The van der Waals surface area contributed by atoms with Gasteiger partial charge < -0.3 is 15.0 Å². The topological polar surface area (TPSA) is 139 Å². The van der Waals surface area contributed by atoms with Gasteiger partial charge >= 0.3 is 0 Å². The van der Waals surface area contributed by atoms with Crippen LogP contribution in [0.3, 0.4) is 0 Å². The van der Waals surface area contributed by atoms with Crippen molar-refractivity contribution in [3.05, 3.63) is 62.6 Å². The summed E-state index contributed by atoms with van der Waals surface area (Å²) in [5, 5.41) is 13.9. The Morgan fingerprint density at radius 3 is 2.34 bits per heavy atom. The first-order valence-electron chi connectivity index (χ1n) is 10.5. The number of nitro benzene ring substituents is 1. The molecule has 0 aliphatic rings. The van der Waals surface area contributed by atoms with Crippen molar-refractivity contribution in [2.75, 3.05) is 30.8 Å². The number of carbonyl (C=O) groups excluding carboxylic acids is 2. The molecule has 2 amide bonds. The minimum atomic E-state index is -4.08. The maximum atomic E-state index is 13.5. The number of nitrogens with zero attached hydrogens (tertiary/aromatic N) is 3. The lowest BCUT2D eigenvalue weighted by Gasteiger charge is -2.31. The summed E-state index contributed by atoms with van der Waals surface area (Å²) in [6.07, 6.45) is 0.880. The molecule has 0 saturated carbocycles. The van der Waals surface area contributed by atoms with Crippen LogP contribution in [-0.2, 0) is 26.2 Å². The van der Waals surface area contributed by atoms with Gasteiger partial charge in [-0.05, 0) is 37.6 Å². The van der Waals surface area contributed by atoms with E-state index in [1.807, 2.05) is 0 Å². The van der Waals surface area contributed by atoms with Gasteiger partial charge in [0.1, 0.15) is 24.0 Å². The van der Waals surface area contributed by atoms with E-state index in [1.165, 1.54) is 24.1 Å². The Balaban J connectivity index is 2.50. The Morgan fingerprint density at radius 2 is 1.83 bits per heavy atom. The summed E-state index contributed by atoms with van der Waals surface area (Å²) >= 11 is 3.35. The second kappa shape index (κ2) is 12.0. The Bertz CT molecular complexity index is 1190. The molecule has 0 spiro atoms. The number of nitrogens with one attached hydrogen (secondary N) is 1. The number of methoxy groups -OCH3 is 1. The maximum absolute atomic E-state index is 13.5. The molecule has 1 atom stereocenters. The fraction of sp³-hybridized carbons (Fsp3) is 0.364. The fourth-order valence-corrected chi connectivity index (χ4v) is 4.38. The van der Waals surface area contributed by atoms with Crippen LogP contribution in [-0.4, -0.2) is 62.6 Å². The van der Waals surface area contributed by atoms with Crippen molar-refractivity contribution in [3.63, 3.8) is 0 Å². The Morgan fingerprint density at radius 1 is 1.20 bits per heavy atom. The van der Waals surface area contributed by atoms with Gasteiger partial charge in [0.05, 0.1) is 18.3 Å². The average molecular weight is 571 g/mol. The minimum absolute atomic E-state index is 0.0325. The highest BCUT2D eigenvalue weighted by Crippen LogP contribution is 2.33. The number of nitro groups is 1. The van der Waals surface area contributed by atoms with Gasteiger partial charge in [-0.15, -0.1) is 0 Å². The number of hydrogen-bond acceptors (Lipinski definition) is 7. The molecule has 0 unspecified atom stereocenters. The molecule has 0 aliphatic heterocycles. The molecule has 2 rings (SSSR count). The monoisotopic (exact) mass is 570 g/mol. The summed E-state index contributed by atoms with van der Waals surface area (Å²) in [5.41, 5.74) is 0.188. The predicted octanol–water partition coefficient (Wildman–Crippen LogP) is 2.69. The zero-order chi connectivity index (χ0) is 26.3. The van der Waals surface area contributed by atoms with Crippen LogP contribution in [0.25, 0.3) is 0 Å². The number of non-ortho nitro benzene ring substituents is 1. The molecule has 11 nitrogen and oxygen atoms in total. The van der Waals surface area contributed by atoms with Crippen LogP contribution in [0.1, 0.15) is 19.4 Å². The third-order valence-electron chi connectivity index (χ3n) is 5.11. The molecule has 2 aromatic rings. The zero-order valence-corrected chi connectivity index (χ0v) is 22.1. The quantitative estimate of drug-likeness (QED) is 0.323. The number of ether oxygens (including phenoxy) is 1. The molecule has 1 N–H and O–H groups in total. The minimum Gasteiger partial charge on any atom is -0.495 e. The smallest absolute Gasteiger partial charge is 0.271 e. The molecule has 35 heavy (non-hydrogen) atoms. The van der Waals surface area contributed by atoms with Crippen molar-refractivity contribution >= 4 is 49.1 Å². The first-order chi connectivity index (χ1) is 16.4. The zero-order valence-electron chi connectivity index (χ0n) is 19.7. The van der Waals surface area contributed by atoms with Gasteiger partial charge in [-0.1, -0.05) is 28.1 Å². The Kier molecular flexibility index (Phi) is 9.60. The van der Waals surface area contributed by atoms with E-state index in [0.29, 0.717) is 6.54 Å². The molecule has 190 valence electrons. The standard InChI is InChI=1S/C22H27BrN4O7S/c1-5-24-22(29)15(2)25(13-16-6-8-17(23)9-7-16)21(28)14-26(35(4,32)33)19-12-18(27(30)31)10-11-20(19)34-3/h6-12,15H,5,13-14H2,1-4H3,(H,24,29)/t15-/m0/s1. The summed E-state index contributed by atoms with van der Waals surface area (Å²) in [5.74, 6) is -1.05. The van der Waals surface area contributed by atoms with Crippen LogP contribution in [0.4, 0.5) is 11.4 Å². The highest BCUT2D eigenvalue weighted by atomic mass is 79.9. The van der Waals surface area contributed by atoms with Gasteiger partial charge in [0, 0.05) is 29.7 Å². The van der Waals surface area contributed by atoms with Crippen molar-refractivity contribution in [1.82, 2.24) is 10.2 Å². The van der Waals surface area contributed by atoms with E-state index in [1.54, 1.807) is 38.1 Å². The SMILES string of the molecule is CCNC(=O)[C@H](C)N(Cc1ccc(Br)cc1)C(=O)CN(c1cc([N+](=O)[O-])ccc1OC)S(C)(=O)=O. The molecule has 2 aromatic carbocycles. The number of carbonyl (C=O) groups is 2. The van der Waals surface area contributed by atoms with Crippen LogP contribution < -0.4 is 14.4 Å². The van der Waals surface area contributed by atoms with Crippen LogP contribution >= 0.6 is 15.9 Å². The van der Waals surface area contributed by atoms with Crippen molar-refractivity contribution in [3.8, 4) is 5.75 Å². The number of hydrogen-bond donors (Lipinski definition) is 1. The van der Waals surface area contributed by atoms with Gasteiger partial charge in [0.2, 0.25) is 21.8 Å². The number of sulfonamides is 1. The number of amides is 2. The van der Waals surface area contributed by atoms with Gasteiger partial charge in [-0.3, -0.25) is 24.0 Å². The summed E-state index contributed by atoms with van der Waals surface area (Å²) < 4.78 is 32.1. The highest BCUT2D eigenvalue weighted by molar-refractivity contribution is 9.10. The van der Waals surface area contributed by atoms with Crippen molar-refractivity contribution < 1.29 is 27.7 Å². The molecule has 0 bridgehead atoms. The summed E-state index contributed by atoms with van der Waals surface area (Å²) in [6.45, 7) is 2.97. The average Bonchev–Trinajstić information content (AvgIpc) is 2.80. The molecule has 0 aromatic heterocycles. The Hall–Kier alpha value is -3.19. The highest BCUT2D eigenvalue weighted by Gasteiger charge is 2.31. The second-order valence-corrected chi connectivity index (χ2v) is 10.4. The normalized spacial score (nSPS) is 11.9. The van der Waals surface area contributed by atoms with E-state index in [-0.39, 0.29) is 23.7 Å². The van der Waals surface area contributed by atoms with E-state index in [2.05, 4.69) is 21.2 Å². The van der Waals surface area contributed by atoms with Crippen molar-refractivity contribution in [2.24, 2.45) is 0 Å². The lowest BCUT2D eigenvalue weighted by molar-refractivity contribution is -0.384. The third-order valence-corrected chi connectivity index (χ3v) is 6.76. The second-order valence-electron chi connectivity index (χ2n) is 7.60. The van der Waals surface area contributed by atoms with Crippen LogP contribution in [0.15, 0.2) is 46.9 Å². The van der Waals surface area contributed by atoms with Gasteiger partial charge in [-0.2, -0.15) is 0 Å². The van der Waals surface area contributed by atoms with E-state index in [9.17, 15) is 28.1 Å². The lowest BCUT2D eigenvalue weighted by atomic mass is 10.1. The Labute approximate surface area is 212 Å². The largest absolute Gasteiger partial charge is 0.495 e. The van der Waals surface area contributed by atoms with Crippen LogP contribution in [0.2, 0.25) is 0 Å². The van der Waals surface area contributed by atoms with E-state index in [4.69, 9.17) is 4.74 Å². The first-order valence-corrected chi connectivity index (χ1v) is 13.1. The molecule has 0 fully saturated rings. The molecule has 0 aliphatic carbocycles. The fourth-order valence-electron chi connectivity index (χ4n) is 3.27. The summed E-state index contributed by atoms with van der Waals surface area (Å²) in [7, 11) is -2.80. The van der Waals surface area contributed by atoms with E-state index >= 15 is 0 Å². The van der Waals surface area contributed by atoms with E-state index < -0.39 is 39.3 Å². The number of anilines is 1. The molecule has 0 radical (unpaired) electrons. The van der Waals surface area contributed by atoms with Gasteiger partial charge in [-0.25, -0.2) is 8.42 Å². The molecule has 0 heterocycles. The maximum Gasteiger partial charge on any atom is 0.271 e. The summed E-state index contributed by atoms with van der Waals surface area (Å²) in [6, 6.07) is 9.64. The van der Waals surface area contributed by atoms with Crippen molar-refractivity contribution in [1.29, 1.82) is 0 Å². The van der Waals surface area contributed by atoms with Gasteiger partial charge in [0.15, 0.2) is 0 Å². The number of halogens is 1. The number of likely N-dealkylation sites (N-methyl/N-ethyl adjacent to an activating group) is 1. The third kappa shape index (κ3) is 7.39.